The number of carbonyl (C=O) groups is 1. The van der Waals surface area contributed by atoms with E-state index in [1.165, 1.54) is 19.6 Å². The van der Waals surface area contributed by atoms with E-state index in [4.69, 9.17) is 9.15 Å². The molecule has 0 aliphatic heterocycles. The first kappa shape index (κ1) is 14.8. The van der Waals surface area contributed by atoms with Gasteiger partial charge in [0.1, 0.15) is 5.52 Å². The van der Waals surface area contributed by atoms with Crippen LogP contribution in [0.3, 0.4) is 0 Å². The van der Waals surface area contributed by atoms with Crippen LogP contribution in [0.1, 0.15) is 11.1 Å². The number of aromatic nitrogens is 1. The highest BCUT2D eigenvalue weighted by Gasteiger charge is 2.08. The molecule has 0 bridgehead atoms. The monoisotopic (exact) mass is 309 g/mol. The van der Waals surface area contributed by atoms with Gasteiger partial charge in [-0.1, -0.05) is 24.3 Å². The van der Waals surface area contributed by atoms with Gasteiger partial charge in [0.15, 0.2) is 29.3 Å². The molecule has 3 rings (SSSR count). The van der Waals surface area contributed by atoms with Crippen molar-refractivity contribution in [3.05, 3.63) is 60.0 Å². The van der Waals surface area contributed by atoms with E-state index in [-0.39, 0.29) is 18.0 Å². The van der Waals surface area contributed by atoms with E-state index in [1.807, 2.05) is 18.2 Å². The van der Waals surface area contributed by atoms with Crippen molar-refractivity contribution < 1.29 is 19.1 Å². The number of benzene rings is 2. The molecule has 5 heteroatoms. The number of methoxy groups -OCH3 is 1. The van der Waals surface area contributed by atoms with Crippen LogP contribution in [-0.2, 0) is 11.2 Å². The van der Waals surface area contributed by atoms with Gasteiger partial charge in [0, 0.05) is 6.42 Å². The molecule has 3 aromatic rings. The third kappa shape index (κ3) is 3.23. The Morgan fingerprint density at radius 2 is 2.22 bits per heavy atom. The van der Waals surface area contributed by atoms with E-state index in [0.717, 1.165) is 11.1 Å². The zero-order valence-electron chi connectivity index (χ0n) is 12.5. The molecule has 0 aliphatic rings. The number of phenolic OH excluding ortho intramolecular Hbond substituents is 1. The Balaban J connectivity index is 1.74. The molecule has 5 nitrogen and oxygen atoms in total. The van der Waals surface area contributed by atoms with Crippen molar-refractivity contribution >= 4 is 23.0 Å². The molecular formula is C18H15NO4. The number of hydrogen-bond donors (Lipinski definition) is 1. The lowest BCUT2D eigenvalue weighted by Crippen LogP contribution is -1.99. The van der Waals surface area contributed by atoms with E-state index in [9.17, 15) is 9.90 Å². The first-order valence-electron chi connectivity index (χ1n) is 7.06. The second-order valence-corrected chi connectivity index (χ2v) is 5.02. The van der Waals surface area contributed by atoms with Crippen molar-refractivity contribution in [2.75, 3.05) is 7.11 Å². The zero-order valence-corrected chi connectivity index (χ0v) is 12.5. The molecule has 116 valence electrons. The summed E-state index contributed by atoms with van der Waals surface area (Å²) in [5, 5.41) is 9.72. The van der Waals surface area contributed by atoms with Crippen LogP contribution in [0, 0.1) is 0 Å². The molecule has 0 fully saturated rings. The van der Waals surface area contributed by atoms with Gasteiger partial charge in [-0.15, -0.1) is 0 Å². The summed E-state index contributed by atoms with van der Waals surface area (Å²) in [6.07, 6.45) is 4.75. The van der Waals surface area contributed by atoms with Crippen molar-refractivity contribution in [2.45, 2.75) is 6.42 Å². The molecule has 0 unspecified atom stereocenters. The predicted octanol–water partition coefficient (Wildman–Crippen LogP) is 3.37. The van der Waals surface area contributed by atoms with E-state index in [2.05, 4.69) is 4.98 Å². The number of allylic oxidation sites excluding steroid dienone is 1. The fourth-order valence-electron chi connectivity index (χ4n) is 2.33. The summed E-state index contributed by atoms with van der Waals surface area (Å²) in [7, 11) is 1.48. The summed E-state index contributed by atoms with van der Waals surface area (Å²) < 4.78 is 10.2. The number of hydrogen-bond acceptors (Lipinski definition) is 5. The fraction of sp³-hybridized carbons (Fsp3) is 0.111. The van der Waals surface area contributed by atoms with Crippen molar-refractivity contribution in [1.29, 1.82) is 0 Å². The molecule has 2 aromatic carbocycles. The number of rotatable bonds is 5. The molecule has 0 saturated carbocycles. The second-order valence-electron chi connectivity index (χ2n) is 5.02. The molecule has 0 atom stereocenters. The van der Waals surface area contributed by atoms with Gasteiger partial charge < -0.3 is 14.3 Å². The van der Waals surface area contributed by atoms with E-state index in [1.54, 1.807) is 24.3 Å². The van der Waals surface area contributed by atoms with Gasteiger partial charge >= 0.3 is 0 Å². The molecule has 0 amide bonds. The molecule has 1 aromatic heterocycles. The maximum Gasteiger partial charge on any atom is 0.181 e. The Hall–Kier alpha value is -3.08. The maximum atomic E-state index is 12.1. The third-order valence-electron chi connectivity index (χ3n) is 3.47. The van der Waals surface area contributed by atoms with Crippen LogP contribution >= 0.6 is 0 Å². The molecule has 0 spiro atoms. The Morgan fingerprint density at radius 3 is 3.00 bits per heavy atom. The van der Waals surface area contributed by atoms with Crippen LogP contribution in [0.5, 0.6) is 11.5 Å². The summed E-state index contributed by atoms with van der Waals surface area (Å²) in [6, 6.07) is 10.5. The normalized spacial score (nSPS) is 11.2. The number of aromatic hydroxyl groups is 1. The molecule has 23 heavy (non-hydrogen) atoms. The van der Waals surface area contributed by atoms with Crippen LogP contribution in [0.15, 0.2) is 53.3 Å². The minimum atomic E-state index is -0.0594. The van der Waals surface area contributed by atoms with Crippen LogP contribution in [-0.4, -0.2) is 23.0 Å². The zero-order chi connectivity index (χ0) is 16.2. The highest BCUT2D eigenvalue weighted by atomic mass is 16.5. The van der Waals surface area contributed by atoms with Crippen LogP contribution in [0.4, 0.5) is 0 Å². The highest BCUT2D eigenvalue weighted by Crippen LogP contribution is 2.26. The maximum absolute atomic E-state index is 12.1. The lowest BCUT2D eigenvalue weighted by Gasteiger charge is -2.03. The molecule has 1 N–H and O–H groups in total. The van der Waals surface area contributed by atoms with Gasteiger partial charge in [0.25, 0.3) is 0 Å². The van der Waals surface area contributed by atoms with E-state index in [0.29, 0.717) is 16.8 Å². The Kier molecular flexibility index (Phi) is 4.10. The van der Waals surface area contributed by atoms with Crippen LogP contribution in [0.2, 0.25) is 0 Å². The topological polar surface area (TPSA) is 72.6 Å². The minimum absolute atomic E-state index is 0.0365. The summed E-state index contributed by atoms with van der Waals surface area (Å²) in [6.45, 7) is 0. The molecule has 0 radical (unpaired) electrons. The van der Waals surface area contributed by atoms with Crippen molar-refractivity contribution in [3.63, 3.8) is 0 Å². The molecule has 0 saturated heterocycles. The number of carbonyl (C=O) groups excluding carboxylic acids is 1. The number of ketones is 1. The highest BCUT2D eigenvalue weighted by molar-refractivity contribution is 5.97. The summed E-state index contributed by atoms with van der Waals surface area (Å²) in [5.41, 5.74) is 2.91. The number of nitrogens with zero attached hydrogens (tertiary/aromatic N) is 1. The minimum Gasteiger partial charge on any atom is -0.504 e. The standard InChI is InChI=1S/C18H15NO4/c1-22-16-8-6-12(9-15(16)21)5-7-14(20)10-13-3-2-4-17-18(13)19-11-23-17/h2-9,11,21H,10H2,1H3/b7-5+. The van der Waals surface area contributed by atoms with E-state index >= 15 is 0 Å². The summed E-state index contributed by atoms with van der Waals surface area (Å²) in [5.74, 6) is 0.372. The fourth-order valence-corrected chi connectivity index (χ4v) is 2.33. The average Bonchev–Trinajstić information content (AvgIpc) is 3.03. The summed E-state index contributed by atoms with van der Waals surface area (Å²) >= 11 is 0. The number of para-hydroxylation sites is 1. The van der Waals surface area contributed by atoms with Gasteiger partial charge in [-0.05, 0) is 35.4 Å². The van der Waals surface area contributed by atoms with Gasteiger partial charge in [-0.3, -0.25) is 4.79 Å². The number of oxazole rings is 1. The number of ether oxygens (including phenoxy) is 1. The lowest BCUT2D eigenvalue weighted by atomic mass is 10.1. The smallest absolute Gasteiger partial charge is 0.181 e. The van der Waals surface area contributed by atoms with Crippen LogP contribution in [0.25, 0.3) is 17.2 Å². The third-order valence-corrected chi connectivity index (χ3v) is 3.47. The molecule has 0 aliphatic carbocycles. The largest absolute Gasteiger partial charge is 0.504 e. The van der Waals surface area contributed by atoms with E-state index < -0.39 is 0 Å². The van der Waals surface area contributed by atoms with Crippen molar-refractivity contribution in [1.82, 2.24) is 4.98 Å². The van der Waals surface area contributed by atoms with Gasteiger partial charge in [0.05, 0.1) is 7.11 Å². The number of fused-ring (bicyclic) bond motifs is 1. The quantitative estimate of drug-likeness (QED) is 0.732. The second kappa shape index (κ2) is 6.36. The average molecular weight is 309 g/mol. The van der Waals surface area contributed by atoms with Gasteiger partial charge in [-0.2, -0.15) is 0 Å². The predicted molar refractivity (Wildman–Crippen MR) is 86.4 cm³/mol. The lowest BCUT2D eigenvalue weighted by molar-refractivity contribution is -0.113. The Labute approximate surface area is 132 Å². The summed E-state index contributed by atoms with van der Waals surface area (Å²) in [4.78, 5) is 16.3. The first-order valence-corrected chi connectivity index (χ1v) is 7.06. The van der Waals surface area contributed by atoms with Crippen molar-refractivity contribution in [3.8, 4) is 11.5 Å². The Bertz CT molecular complexity index is 880. The van der Waals surface area contributed by atoms with Gasteiger partial charge in [0.2, 0.25) is 0 Å². The first-order chi connectivity index (χ1) is 11.2. The van der Waals surface area contributed by atoms with Gasteiger partial charge in [-0.25, -0.2) is 4.98 Å². The molecule has 1 heterocycles. The molecular weight excluding hydrogens is 294 g/mol. The van der Waals surface area contributed by atoms with Crippen molar-refractivity contribution in [2.24, 2.45) is 0 Å². The van der Waals surface area contributed by atoms with Crippen LogP contribution < -0.4 is 4.74 Å². The SMILES string of the molecule is COc1ccc(/C=C/C(=O)Cc2cccc3ocnc23)cc1O. The number of phenols is 1. The Morgan fingerprint density at radius 1 is 1.35 bits per heavy atom.